The maximum absolute atomic E-state index is 4.30. The number of rotatable bonds is 4. The van der Waals surface area contributed by atoms with Gasteiger partial charge in [-0.1, -0.05) is 42.5 Å². The minimum absolute atomic E-state index is 0.829. The molecule has 2 aromatic carbocycles. The van der Waals surface area contributed by atoms with Crippen molar-refractivity contribution < 1.29 is 0 Å². The molecule has 3 aromatic rings. The van der Waals surface area contributed by atoms with Crippen LogP contribution < -0.4 is 4.90 Å². The molecule has 0 spiro atoms. The third kappa shape index (κ3) is 3.14. The number of anilines is 2. The van der Waals surface area contributed by atoms with Crippen LogP contribution in [0.5, 0.6) is 0 Å². The zero-order chi connectivity index (χ0) is 14.7. The fourth-order valence-electron chi connectivity index (χ4n) is 2.44. The highest BCUT2D eigenvalue weighted by Crippen LogP contribution is 2.27. The molecule has 3 heteroatoms. The molecule has 0 fully saturated rings. The van der Waals surface area contributed by atoms with E-state index in [1.54, 1.807) is 0 Å². The van der Waals surface area contributed by atoms with Gasteiger partial charge >= 0.3 is 0 Å². The average molecular weight is 277 g/mol. The van der Waals surface area contributed by atoms with Crippen molar-refractivity contribution in [3.8, 4) is 0 Å². The SMILES string of the molecule is Cc1cccc(N(Cc2ccccc2)c2cnn(C)c2)c1. The number of nitrogens with zero attached hydrogens (tertiary/aromatic N) is 3. The van der Waals surface area contributed by atoms with Crippen LogP contribution >= 0.6 is 0 Å². The fraction of sp³-hybridized carbons (Fsp3) is 0.167. The molecule has 1 heterocycles. The first-order chi connectivity index (χ1) is 10.2. The lowest BCUT2D eigenvalue weighted by atomic mass is 10.1. The van der Waals surface area contributed by atoms with Crippen LogP contribution in [0.3, 0.4) is 0 Å². The minimum Gasteiger partial charge on any atom is -0.334 e. The largest absolute Gasteiger partial charge is 0.334 e. The van der Waals surface area contributed by atoms with E-state index in [2.05, 4.69) is 65.5 Å². The summed E-state index contributed by atoms with van der Waals surface area (Å²) in [5.74, 6) is 0. The molecule has 0 radical (unpaired) electrons. The Hall–Kier alpha value is -2.55. The standard InChI is InChI=1S/C18H19N3/c1-15-7-6-10-17(11-15)21(18-12-19-20(2)14-18)13-16-8-4-3-5-9-16/h3-12,14H,13H2,1-2H3. The molecule has 0 saturated carbocycles. The van der Waals surface area contributed by atoms with Gasteiger partial charge in [0.1, 0.15) is 0 Å². The van der Waals surface area contributed by atoms with Gasteiger partial charge in [-0.15, -0.1) is 0 Å². The first-order valence-corrected chi connectivity index (χ1v) is 7.09. The fourth-order valence-corrected chi connectivity index (χ4v) is 2.44. The topological polar surface area (TPSA) is 21.1 Å². The molecule has 0 aliphatic rings. The van der Waals surface area contributed by atoms with Crippen LogP contribution in [0.15, 0.2) is 67.0 Å². The van der Waals surface area contributed by atoms with Gasteiger partial charge < -0.3 is 4.90 Å². The van der Waals surface area contributed by atoms with Crippen molar-refractivity contribution >= 4 is 11.4 Å². The summed E-state index contributed by atoms with van der Waals surface area (Å²) in [6.45, 7) is 2.95. The van der Waals surface area contributed by atoms with Crippen molar-refractivity contribution in [1.29, 1.82) is 0 Å². The van der Waals surface area contributed by atoms with E-state index in [9.17, 15) is 0 Å². The molecule has 0 aliphatic carbocycles. The zero-order valence-electron chi connectivity index (χ0n) is 12.4. The Morgan fingerprint density at radius 1 is 1.00 bits per heavy atom. The molecule has 0 atom stereocenters. The second-order valence-electron chi connectivity index (χ2n) is 5.28. The Labute approximate surface area is 125 Å². The predicted molar refractivity (Wildman–Crippen MR) is 86.7 cm³/mol. The molecule has 0 saturated heterocycles. The molecule has 0 N–H and O–H groups in total. The highest BCUT2D eigenvalue weighted by Gasteiger charge is 2.12. The van der Waals surface area contributed by atoms with Crippen molar-refractivity contribution in [3.05, 3.63) is 78.1 Å². The van der Waals surface area contributed by atoms with Crippen molar-refractivity contribution in [1.82, 2.24) is 9.78 Å². The summed E-state index contributed by atoms with van der Waals surface area (Å²) < 4.78 is 1.84. The van der Waals surface area contributed by atoms with Crippen LogP contribution in [-0.2, 0) is 13.6 Å². The Morgan fingerprint density at radius 3 is 2.48 bits per heavy atom. The van der Waals surface area contributed by atoms with Gasteiger partial charge in [0.2, 0.25) is 0 Å². The smallest absolute Gasteiger partial charge is 0.0799 e. The van der Waals surface area contributed by atoms with E-state index < -0.39 is 0 Å². The zero-order valence-corrected chi connectivity index (χ0v) is 12.4. The van der Waals surface area contributed by atoms with E-state index >= 15 is 0 Å². The molecule has 0 aliphatic heterocycles. The summed E-state index contributed by atoms with van der Waals surface area (Å²) in [6.07, 6.45) is 3.95. The molecule has 0 unspecified atom stereocenters. The monoisotopic (exact) mass is 277 g/mol. The lowest BCUT2D eigenvalue weighted by Crippen LogP contribution is -2.16. The summed E-state index contributed by atoms with van der Waals surface area (Å²) in [7, 11) is 1.94. The second-order valence-corrected chi connectivity index (χ2v) is 5.28. The molecule has 21 heavy (non-hydrogen) atoms. The Balaban J connectivity index is 1.99. The lowest BCUT2D eigenvalue weighted by molar-refractivity contribution is 0.767. The lowest BCUT2D eigenvalue weighted by Gasteiger charge is -2.23. The van der Waals surface area contributed by atoms with Crippen LogP contribution in [0, 0.1) is 6.92 Å². The van der Waals surface area contributed by atoms with Crippen molar-refractivity contribution in [3.63, 3.8) is 0 Å². The summed E-state index contributed by atoms with van der Waals surface area (Å²) in [5, 5.41) is 4.30. The number of aryl methyl sites for hydroxylation is 2. The van der Waals surface area contributed by atoms with Gasteiger partial charge in [-0.2, -0.15) is 5.10 Å². The molecule has 106 valence electrons. The van der Waals surface area contributed by atoms with Gasteiger partial charge in [0.25, 0.3) is 0 Å². The van der Waals surface area contributed by atoms with Crippen molar-refractivity contribution in [2.24, 2.45) is 7.05 Å². The van der Waals surface area contributed by atoms with E-state index in [1.165, 1.54) is 16.8 Å². The van der Waals surface area contributed by atoms with E-state index in [0.717, 1.165) is 12.2 Å². The van der Waals surface area contributed by atoms with Crippen LogP contribution in [0.2, 0.25) is 0 Å². The summed E-state index contributed by atoms with van der Waals surface area (Å²) in [6, 6.07) is 19.1. The molecule has 0 bridgehead atoms. The Morgan fingerprint density at radius 2 is 1.81 bits per heavy atom. The predicted octanol–water partition coefficient (Wildman–Crippen LogP) is 4.07. The Bertz CT molecular complexity index is 716. The summed E-state index contributed by atoms with van der Waals surface area (Å²) in [5.41, 5.74) is 4.83. The van der Waals surface area contributed by atoms with E-state index in [0.29, 0.717) is 0 Å². The van der Waals surface area contributed by atoms with Gasteiger partial charge in [-0.25, -0.2) is 0 Å². The highest BCUT2D eigenvalue weighted by atomic mass is 15.3. The molecule has 1 aromatic heterocycles. The molecular formula is C18H19N3. The molecule has 3 rings (SSSR count). The number of aromatic nitrogens is 2. The normalized spacial score (nSPS) is 10.6. The van der Waals surface area contributed by atoms with Crippen LogP contribution in [-0.4, -0.2) is 9.78 Å². The highest BCUT2D eigenvalue weighted by molar-refractivity contribution is 5.62. The van der Waals surface area contributed by atoms with E-state index in [-0.39, 0.29) is 0 Å². The van der Waals surface area contributed by atoms with E-state index in [4.69, 9.17) is 0 Å². The Kier molecular flexibility index (Phi) is 3.73. The second kappa shape index (κ2) is 5.83. The summed E-state index contributed by atoms with van der Waals surface area (Å²) in [4.78, 5) is 2.29. The van der Waals surface area contributed by atoms with Crippen molar-refractivity contribution in [2.75, 3.05) is 4.90 Å². The van der Waals surface area contributed by atoms with Gasteiger partial charge in [-0.05, 0) is 30.2 Å². The first-order valence-electron chi connectivity index (χ1n) is 7.09. The van der Waals surface area contributed by atoms with Crippen LogP contribution in [0.25, 0.3) is 0 Å². The van der Waals surface area contributed by atoms with Gasteiger partial charge in [0, 0.05) is 25.5 Å². The first kappa shape index (κ1) is 13.4. The van der Waals surface area contributed by atoms with Crippen molar-refractivity contribution in [2.45, 2.75) is 13.5 Å². The number of benzene rings is 2. The van der Waals surface area contributed by atoms with E-state index in [1.807, 2.05) is 30.2 Å². The molecular weight excluding hydrogens is 258 g/mol. The summed E-state index contributed by atoms with van der Waals surface area (Å²) >= 11 is 0. The van der Waals surface area contributed by atoms with Gasteiger partial charge in [0.15, 0.2) is 0 Å². The van der Waals surface area contributed by atoms with Gasteiger partial charge in [-0.3, -0.25) is 4.68 Å². The molecule has 3 nitrogen and oxygen atoms in total. The maximum Gasteiger partial charge on any atom is 0.0799 e. The minimum atomic E-state index is 0.829. The number of hydrogen-bond acceptors (Lipinski definition) is 2. The van der Waals surface area contributed by atoms with Gasteiger partial charge in [0.05, 0.1) is 11.9 Å². The van der Waals surface area contributed by atoms with Crippen LogP contribution in [0.1, 0.15) is 11.1 Å². The molecule has 0 amide bonds. The maximum atomic E-state index is 4.30. The quantitative estimate of drug-likeness (QED) is 0.717. The third-order valence-corrected chi connectivity index (χ3v) is 3.50. The average Bonchev–Trinajstić information content (AvgIpc) is 2.92. The number of hydrogen-bond donors (Lipinski definition) is 0. The third-order valence-electron chi connectivity index (χ3n) is 3.50. The van der Waals surface area contributed by atoms with Crippen LogP contribution in [0.4, 0.5) is 11.4 Å².